The molecule has 0 aliphatic rings. The lowest BCUT2D eigenvalue weighted by atomic mass is 10.1. The van der Waals surface area contributed by atoms with Crippen LogP contribution >= 0.6 is 11.8 Å². The summed E-state index contributed by atoms with van der Waals surface area (Å²) in [6.07, 6.45) is 2.21. The summed E-state index contributed by atoms with van der Waals surface area (Å²) in [4.78, 5) is 1.13. The molecule has 0 fully saturated rings. The number of phenolic OH excluding ortho intramolecular Hbond substituents is 1. The quantitative estimate of drug-likeness (QED) is 0.756. The Morgan fingerprint density at radius 1 is 1.43 bits per heavy atom. The number of phenols is 1. The summed E-state index contributed by atoms with van der Waals surface area (Å²) < 4.78 is 0. The summed E-state index contributed by atoms with van der Waals surface area (Å²) in [5.74, 6) is 0.304. The van der Waals surface area contributed by atoms with Gasteiger partial charge in [-0.25, -0.2) is 0 Å². The summed E-state index contributed by atoms with van der Waals surface area (Å²) >= 11 is 1.64. The van der Waals surface area contributed by atoms with Crippen molar-refractivity contribution in [3.05, 3.63) is 23.3 Å². The highest BCUT2D eigenvalue weighted by molar-refractivity contribution is 7.98. The normalized spacial score (nSPS) is 12.9. The molecule has 0 aromatic heterocycles. The molecule has 0 aliphatic heterocycles. The Kier molecular flexibility index (Phi) is 3.84. The minimum Gasteiger partial charge on any atom is -0.508 e. The minimum absolute atomic E-state index is 0.304. The number of hydrogen-bond donors (Lipinski definition) is 2. The zero-order valence-corrected chi connectivity index (χ0v) is 9.56. The van der Waals surface area contributed by atoms with Crippen LogP contribution in [0.2, 0.25) is 0 Å². The Morgan fingerprint density at radius 2 is 2.07 bits per heavy atom. The molecule has 78 valence electrons. The van der Waals surface area contributed by atoms with Crippen LogP contribution in [0, 0.1) is 6.92 Å². The summed E-state index contributed by atoms with van der Waals surface area (Å²) in [7, 11) is 0. The number of aliphatic hydroxyl groups is 1. The lowest BCUT2D eigenvalue weighted by Gasteiger charge is -2.11. The predicted octanol–water partition coefficient (Wildman–Crippen LogP) is 2.35. The molecule has 1 atom stereocenters. The lowest BCUT2D eigenvalue weighted by molar-refractivity contribution is 0.194. The number of rotatable bonds is 3. The smallest absolute Gasteiger partial charge is 0.118 e. The Hall–Kier alpha value is -0.670. The van der Waals surface area contributed by atoms with Gasteiger partial charge in [0.1, 0.15) is 5.75 Å². The third-order valence-electron chi connectivity index (χ3n) is 2.11. The maximum Gasteiger partial charge on any atom is 0.118 e. The first-order valence-corrected chi connectivity index (χ1v) is 5.81. The second-order valence-electron chi connectivity index (χ2n) is 3.50. The van der Waals surface area contributed by atoms with Crippen molar-refractivity contribution < 1.29 is 10.2 Å². The molecule has 0 amide bonds. The molecule has 0 heterocycles. The fraction of sp³-hybridized carbons (Fsp3) is 0.455. The van der Waals surface area contributed by atoms with Gasteiger partial charge in [0.25, 0.3) is 0 Å². The number of hydrogen-bond acceptors (Lipinski definition) is 3. The summed E-state index contributed by atoms with van der Waals surface area (Å²) in [6.45, 7) is 3.63. The molecule has 2 nitrogen and oxygen atoms in total. The average Bonchev–Trinajstić information content (AvgIpc) is 2.10. The van der Waals surface area contributed by atoms with Crippen LogP contribution in [-0.4, -0.2) is 22.6 Å². The van der Waals surface area contributed by atoms with Crippen molar-refractivity contribution >= 4 is 11.8 Å². The summed E-state index contributed by atoms with van der Waals surface area (Å²) in [5.41, 5.74) is 1.89. The highest BCUT2D eigenvalue weighted by Crippen LogP contribution is 2.28. The van der Waals surface area contributed by atoms with E-state index in [-0.39, 0.29) is 6.10 Å². The van der Waals surface area contributed by atoms with Crippen molar-refractivity contribution in [1.82, 2.24) is 0 Å². The monoisotopic (exact) mass is 212 g/mol. The zero-order valence-electron chi connectivity index (χ0n) is 8.74. The van der Waals surface area contributed by atoms with Crippen molar-refractivity contribution in [2.45, 2.75) is 31.3 Å². The third kappa shape index (κ3) is 2.66. The number of benzene rings is 1. The van der Waals surface area contributed by atoms with Crippen molar-refractivity contribution in [3.8, 4) is 5.75 Å². The second-order valence-corrected chi connectivity index (χ2v) is 4.35. The van der Waals surface area contributed by atoms with Gasteiger partial charge in [-0.15, -0.1) is 11.8 Å². The topological polar surface area (TPSA) is 40.5 Å². The highest BCUT2D eigenvalue weighted by Gasteiger charge is 2.08. The number of aliphatic hydroxyl groups excluding tert-OH is 1. The van der Waals surface area contributed by atoms with Gasteiger partial charge < -0.3 is 10.2 Å². The molecule has 0 saturated carbocycles. The Bertz CT molecular complexity index is 321. The Labute approximate surface area is 89.0 Å². The van der Waals surface area contributed by atoms with Gasteiger partial charge in [0.2, 0.25) is 0 Å². The first-order valence-electron chi connectivity index (χ1n) is 4.59. The number of aromatic hydroxyl groups is 1. The number of aryl methyl sites for hydroxylation is 1. The van der Waals surface area contributed by atoms with E-state index in [4.69, 9.17) is 0 Å². The molecule has 14 heavy (non-hydrogen) atoms. The van der Waals surface area contributed by atoms with Crippen LogP contribution in [0.1, 0.15) is 18.1 Å². The fourth-order valence-corrected chi connectivity index (χ4v) is 2.08. The van der Waals surface area contributed by atoms with Crippen LogP contribution in [0.25, 0.3) is 0 Å². The van der Waals surface area contributed by atoms with Crippen LogP contribution in [0.15, 0.2) is 17.0 Å². The maximum atomic E-state index is 9.54. The molecule has 1 rings (SSSR count). The molecule has 1 aromatic carbocycles. The molecule has 0 saturated heterocycles. The minimum atomic E-state index is -0.372. The van der Waals surface area contributed by atoms with E-state index in [1.54, 1.807) is 24.8 Å². The molecule has 2 N–H and O–H groups in total. The Balaban J connectivity index is 3.07. The van der Waals surface area contributed by atoms with Gasteiger partial charge in [-0.05, 0) is 49.8 Å². The Morgan fingerprint density at radius 3 is 2.57 bits per heavy atom. The molecule has 1 unspecified atom stereocenters. The third-order valence-corrected chi connectivity index (χ3v) is 2.93. The molecule has 3 heteroatoms. The summed E-state index contributed by atoms with van der Waals surface area (Å²) in [5, 5.41) is 18.8. The molecule has 0 spiro atoms. The van der Waals surface area contributed by atoms with E-state index in [0.29, 0.717) is 12.2 Å². The highest BCUT2D eigenvalue weighted by atomic mass is 32.2. The van der Waals surface area contributed by atoms with Crippen molar-refractivity contribution in [2.75, 3.05) is 6.26 Å². The van der Waals surface area contributed by atoms with E-state index in [9.17, 15) is 10.2 Å². The first-order chi connectivity index (χ1) is 6.54. The van der Waals surface area contributed by atoms with E-state index in [0.717, 1.165) is 16.0 Å². The van der Waals surface area contributed by atoms with Gasteiger partial charge >= 0.3 is 0 Å². The second kappa shape index (κ2) is 4.71. The first kappa shape index (κ1) is 11.4. The maximum absolute atomic E-state index is 9.54. The van der Waals surface area contributed by atoms with Gasteiger partial charge in [0.05, 0.1) is 6.10 Å². The predicted molar refractivity (Wildman–Crippen MR) is 60.0 cm³/mol. The van der Waals surface area contributed by atoms with Crippen LogP contribution in [-0.2, 0) is 6.42 Å². The van der Waals surface area contributed by atoms with Gasteiger partial charge in [-0.2, -0.15) is 0 Å². The van der Waals surface area contributed by atoms with E-state index in [1.165, 1.54) is 0 Å². The van der Waals surface area contributed by atoms with Crippen molar-refractivity contribution in [1.29, 1.82) is 0 Å². The van der Waals surface area contributed by atoms with Crippen molar-refractivity contribution in [3.63, 3.8) is 0 Å². The largest absolute Gasteiger partial charge is 0.508 e. The van der Waals surface area contributed by atoms with Crippen LogP contribution < -0.4 is 0 Å². The van der Waals surface area contributed by atoms with Gasteiger partial charge in [0.15, 0.2) is 0 Å². The van der Waals surface area contributed by atoms with Crippen LogP contribution in [0.4, 0.5) is 0 Å². The standard InChI is InChI=1S/C11H16O2S/c1-7-4-11(14-3)9(5-8(2)12)6-10(7)13/h4,6,8,12-13H,5H2,1-3H3. The molecule has 0 bridgehead atoms. The number of thioether (sulfide) groups is 1. The molecule has 1 aromatic rings. The van der Waals surface area contributed by atoms with E-state index >= 15 is 0 Å². The average molecular weight is 212 g/mol. The van der Waals surface area contributed by atoms with Gasteiger partial charge in [0, 0.05) is 4.90 Å². The molecular weight excluding hydrogens is 196 g/mol. The van der Waals surface area contributed by atoms with Crippen LogP contribution in [0.3, 0.4) is 0 Å². The summed E-state index contributed by atoms with van der Waals surface area (Å²) in [6, 6.07) is 3.70. The van der Waals surface area contributed by atoms with E-state index in [2.05, 4.69) is 0 Å². The molecular formula is C11H16O2S. The van der Waals surface area contributed by atoms with E-state index in [1.807, 2.05) is 19.2 Å². The zero-order chi connectivity index (χ0) is 10.7. The SMILES string of the molecule is CSc1cc(C)c(O)cc1CC(C)O. The van der Waals surface area contributed by atoms with E-state index < -0.39 is 0 Å². The fourth-order valence-electron chi connectivity index (χ4n) is 1.38. The van der Waals surface area contributed by atoms with Crippen molar-refractivity contribution in [2.24, 2.45) is 0 Å². The van der Waals surface area contributed by atoms with Gasteiger partial charge in [-0.1, -0.05) is 0 Å². The molecule has 0 aliphatic carbocycles. The molecule has 0 radical (unpaired) electrons. The lowest BCUT2D eigenvalue weighted by Crippen LogP contribution is -2.05. The van der Waals surface area contributed by atoms with Gasteiger partial charge in [-0.3, -0.25) is 0 Å². The van der Waals surface area contributed by atoms with Crippen LogP contribution in [0.5, 0.6) is 5.75 Å².